The first-order valence-corrected chi connectivity index (χ1v) is 7.58. The van der Waals surface area contributed by atoms with Crippen molar-refractivity contribution >= 4 is 33.4 Å². The molecule has 5 rings (SSSR count). The molecule has 0 atom stereocenters. The SMILES string of the molecule is C1=COC(=c2c3ccccc3c(=C3OC=CO3)c3ccccc23)O1. The molecule has 0 spiro atoms. The number of fused-ring (bicyclic) bond motifs is 2. The Hall–Kier alpha value is -3.40. The zero-order valence-electron chi connectivity index (χ0n) is 12.6. The van der Waals surface area contributed by atoms with Crippen molar-refractivity contribution in [3.63, 3.8) is 0 Å². The van der Waals surface area contributed by atoms with Crippen LogP contribution < -0.4 is 10.4 Å². The van der Waals surface area contributed by atoms with Gasteiger partial charge in [0, 0.05) is 0 Å². The molecular formula is C20H12O4. The van der Waals surface area contributed by atoms with Crippen LogP contribution >= 0.6 is 0 Å². The van der Waals surface area contributed by atoms with E-state index in [4.69, 9.17) is 18.9 Å². The lowest BCUT2D eigenvalue weighted by atomic mass is 9.98. The number of hydrogen-bond acceptors (Lipinski definition) is 4. The van der Waals surface area contributed by atoms with Crippen LogP contribution in [0.2, 0.25) is 0 Å². The summed E-state index contributed by atoms with van der Waals surface area (Å²) in [6.07, 6.45) is 6.15. The second-order valence-electron chi connectivity index (χ2n) is 5.43. The number of rotatable bonds is 0. The highest BCUT2D eigenvalue weighted by Crippen LogP contribution is 2.20. The van der Waals surface area contributed by atoms with Crippen molar-refractivity contribution in [1.82, 2.24) is 0 Å². The molecule has 0 aromatic heterocycles. The van der Waals surface area contributed by atoms with Crippen LogP contribution in [0, 0.1) is 0 Å². The van der Waals surface area contributed by atoms with Crippen LogP contribution in [0.3, 0.4) is 0 Å². The van der Waals surface area contributed by atoms with E-state index in [9.17, 15) is 0 Å². The lowest BCUT2D eigenvalue weighted by Crippen LogP contribution is -2.19. The molecule has 0 radical (unpaired) electrons. The van der Waals surface area contributed by atoms with E-state index in [2.05, 4.69) is 0 Å². The first-order chi connectivity index (χ1) is 11.9. The molecule has 2 heterocycles. The monoisotopic (exact) mass is 316 g/mol. The summed E-state index contributed by atoms with van der Waals surface area (Å²) < 4.78 is 22.2. The molecule has 0 N–H and O–H groups in total. The van der Waals surface area contributed by atoms with Gasteiger partial charge in [-0.05, 0) is 21.5 Å². The Kier molecular flexibility index (Phi) is 2.76. The van der Waals surface area contributed by atoms with Crippen molar-refractivity contribution in [1.29, 1.82) is 0 Å². The van der Waals surface area contributed by atoms with Gasteiger partial charge in [-0.25, -0.2) is 0 Å². The van der Waals surface area contributed by atoms with E-state index in [-0.39, 0.29) is 0 Å². The normalized spacial score (nSPS) is 15.5. The van der Waals surface area contributed by atoms with Crippen molar-refractivity contribution in [3.05, 3.63) is 84.0 Å². The summed E-state index contributed by atoms with van der Waals surface area (Å²) in [7, 11) is 0. The third-order valence-electron chi connectivity index (χ3n) is 4.15. The van der Waals surface area contributed by atoms with Crippen LogP contribution in [0.5, 0.6) is 0 Å². The summed E-state index contributed by atoms with van der Waals surface area (Å²) in [5.74, 6) is 0.954. The summed E-state index contributed by atoms with van der Waals surface area (Å²) in [6.45, 7) is 0. The molecule has 0 bridgehead atoms. The molecule has 0 fully saturated rings. The predicted molar refractivity (Wildman–Crippen MR) is 90.1 cm³/mol. The van der Waals surface area contributed by atoms with Crippen molar-refractivity contribution in [3.8, 4) is 0 Å². The molecule has 4 nitrogen and oxygen atoms in total. The van der Waals surface area contributed by atoms with Crippen LogP contribution in [-0.4, -0.2) is 0 Å². The molecule has 116 valence electrons. The smallest absolute Gasteiger partial charge is 0.298 e. The van der Waals surface area contributed by atoms with Gasteiger partial charge in [-0.2, -0.15) is 0 Å². The Morgan fingerprint density at radius 3 is 1.00 bits per heavy atom. The highest BCUT2D eigenvalue weighted by atomic mass is 16.7. The topological polar surface area (TPSA) is 36.9 Å². The van der Waals surface area contributed by atoms with Gasteiger partial charge in [0.2, 0.25) is 0 Å². The Labute approximate surface area is 137 Å². The Morgan fingerprint density at radius 2 is 0.708 bits per heavy atom. The third kappa shape index (κ3) is 1.80. The Morgan fingerprint density at radius 1 is 0.417 bits per heavy atom. The van der Waals surface area contributed by atoms with Crippen molar-refractivity contribution in [2.75, 3.05) is 0 Å². The van der Waals surface area contributed by atoms with Crippen LogP contribution in [0.15, 0.2) is 73.6 Å². The average Bonchev–Trinajstić information content (AvgIpc) is 3.33. The predicted octanol–water partition coefficient (Wildman–Crippen LogP) is 3.16. The van der Waals surface area contributed by atoms with Crippen LogP contribution in [0.25, 0.3) is 33.4 Å². The van der Waals surface area contributed by atoms with Gasteiger partial charge in [-0.1, -0.05) is 48.5 Å². The Balaban J connectivity index is 2.11. The van der Waals surface area contributed by atoms with E-state index >= 15 is 0 Å². The molecule has 3 aromatic carbocycles. The minimum absolute atomic E-state index is 0.477. The molecule has 24 heavy (non-hydrogen) atoms. The minimum Gasteiger partial charge on any atom is -0.430 e. The largest absolute Gasteiger partial charge is 0.430 e. The van der Waals surface area contributed by atoms with Crippen LogP contribution in [0.4, 0.5) is 0 Å². The molecule has 4 heteroatoms. The molecule has 0 aliphatic carbocycles. The highest BCUT2D eigenvalue weighted by molar-refractivity contribution is 6.01. The summed E-state index contributed by atoms with van der Waals surface area (Å²) in [5, 5.41) is 5.88. The molecule has 2 aliphatic heterocycles. The molecule has 0 unspecified atom stereocenters. The van der Waals surface area contributed by atoms with Gasteiger partial charge < -0.3 is 18.9 Å². The highest BCUT2D eigenvalue weighted by Gasteiger charge is 2.16. The van der Waals surface area contributed by atoms with Gasteiger partial charge in [0.1, 0.15) is 25.0 Å². The van der Waals surface area contributed by atoms with Gasteiger partial charge in [0.05, 0.1) is 10.4 Å². The van der Waals surface area contributed by atoms with Crippen molar-refractivity contribution in [2.45, 2.75) is 0 Å². The number of benzene rings is 3. The standard InChI is InChI=1S/C20H12O4/c1-2-6-14-13(5-1)17(19-21-9-10-22-19)15-7-3-4-8-16(15)18(14)20-23-11-12-24-20/h1-12H. The number of hydrogen-bond donors (Lipinski definition) is 0. The first kappa shape index (κ1) is 13.1. The lowest BCUT2D eigenvalue weighted by molar-refractivity contribution is 0.303. The maximum absolute atomic E-state index is 5.55. The van der Waals surface area contributed by atoms with Gasteiger partial charge in [0.15, 0.2) is 0 Å². The Bertz CT molecular complexity index is 980. The van der Waals surface area contributed by atoms with Gasteiger partial charge in [0.25, 0.3) is 11.9 Å². The second kappa shape index (κ2) is 5.06. The van der Waals surface area contributed by atoms with E-state index in [1.807, 2.05) is 48.5 Å². The summed E-state index contributed by atoms with van der Waals surface area (Å²) >= 11 is 0. The minimum atomic E-state index is 0.477. The van der Waals surface area contributed by atoms with E-state index < -0.39 is 0 Å². The molecule has 2 aliphatic rings. The number of ether oxygens (including phenoxy) is 4. The van der Waals surface area contributed by atoms with E-state index in [1.165, 1.54) is 25.0 Å². The van der Waals surface area contributed by atoms with Crippen molar-refractivity contribution < 1.29 is 18.9 Å². The summed E-state index contributed by atoms with van der Waals surface area (Å²) in [4.78, 5) is 0. The summed E-state index contributed by atoms with van der Waals surface area (Å²) in [6, 6.07) is 16.1. The average molecular weight is 316 g/mol. The zero-order chi connectivity index (χ0) is 15.9. The molecule has 0 amide bonds. The summed E-state index contributed by atoms with van der Waals surface area (Å²) in [5.41, 5.74) is 0. The lowest BCUT2D eigenvalue weighted by Gasteiger charge is -2.09. The maximum atomic E-state index is 5.55. The maximum Gasteiger partial charge on any atom is 0.298 e. The molecule has 3 aromatic rings. The zero-order valence-corrected chi connectivity index (χ0v) is 12.6. The first-order valence-electron chi connectivity index (χ1n) is 7.58. The third-order valence-corrected chi connectivity index (χ3v) is 4.15. The van der Waals surface area contributed by atoms with Crippen LogP contribution in [-0.2, 0) is 18.9 Å². The van der Waals surface area contributed by atoms with E-state index in [1.54, 1.807) is 0 Å². The quantitative estimate of drug-likeness (QED) is 0.597. The van der Waals surface area contributed by atoms with Crippen LogP contribution in [0.1, 0.15) is 0 Å². The van der Waals surface area contributed by atoms with Crippen molar-refractivity contribution in [2.24, 2.45) is 0 Å². The molecular weight excluding hydrogens is 304 g/mol. The van der Waals surface area contributed by atoms with E-state index in [0.29, 0.717) is 11.9 Å². The van der Waals surface area contributed by atoms with Gasteiger partial charge in [-0.15, -0.1) is 0 Å². The van der Waals surface area contributed by atoms with E-state index in [0.717, 1.165) is 32.0 Å². The molecule has 0 saturated heterocycles. The fourth-order valence-corrected chi connectivity index (χ4v) is 3.22. The fraction of sp³-hybridized carbons (Fsp3) is 0. The fourth-order valence-electron chi connectivity index (χ4n) is 3.22. The molecule has 0 saturated carbocycles. The van der Waals surface area contributed by atoms with Gasteiger partial charge in [-0.3, -0.25) is 0 Å². The van der Waals surface area contributed by atoms with Gasteiger partial charge >= 0.3 is 0 Å². The second-order valence-corrected chi connectivity index (χ2v) is 5.43.